The number of nitrogens with one attached hydrogen (secondary N) is 2. The molecule has 1 aliphatic rings. The number of hydrogen-bond donors (Lipinski definition) is 2. The van der Waals surface area contributed by atoms with E-state index < -0.39 is 0 Å². The van der Waals surface area contributed by atoms with Crippen LogP contribution in [0.5, 0.6) is 5.75 Å². The Morgan fingerprint density at radius 3 is 2.79 bits per heavy atom. The van der Waals surface area contributed by atoms with Crippen molar-refractivity contribution in [2.24, 2.45) is 5.92 Å². The van der Waals surface area contributed by atoms with E-state index in [1.165, 1.54) is 0 Å². The highest BCUT2D eigenvalue weighted by atomic mass is 16.5. The molecule has 1 saturated heterocycles. The third-order valence-corrected chi connectivity index (χ3v) is 3.66. The summed E-state index contributed by atoms with van der Waals surface area (Å²) in [7, 11) is 0. The molecule has 1 amide bonds. The number of hydrogen-bond acceptors (Lipinski definition) is 3. The van der Waals surface area contributed by atoms with Crippen molar-refractivity contribution in [1.29, 1.82) is 0 Å². The van der Waals surface area contributed by atoms with Crippen LogP contribution in [0.3, 0.4) is 0 Å². The zero-order valence-corrected chi connectivity index (χ0v) is 11.6. The monoisotopic (exact) mass is 262 g/mol. The van der Waals surface area contributed by atoms with Gasteiger partial charge in [-0.1, -0.05) is 25.1 Å². The van der Waals surface area contributed by atoms with Crippen molar-refractivity contribution < 1.29 is 9.53 Å². The summed E-state index contributed by atoms with van der Waals surface area (Å²) in [5.41, 5.74) is 0. The van der Waals surface area contributed by atoms with Gasteiger partial charge in [-0.25, -0.2) is 0 Å². The molecule has 3 unspecified atom stereocenters. The first-order valence-corrected chi connectivity index (χ1v) is 6.87. The zero-order chi connectivity index (χ0) is 13.7. The SMILES string of the molecule is CC1CCNC(C)C1NC(=O)COc1ccccc1. The normalized spacial score (nSPS) is 26.7. The standard InChI is InChI=1S/C15H22N2O2/c1-11-8-9-16-12(2)15(11)17-14(18)10-19-13-6-4-3-5-7-13/h3-7,11-12,15-16H,8-10H2,1-2H3,(H,17,18). The molecule has 0 radical (unpaired) electrons. The van der Waals surface area contributed by atoms with Crippen molar-refractivity contribution in [2.75, 3.05) is 13.2 Å². The van der Waals surface area contributed by atoms with E-state index in [1.54, 1.807) is 0 Å². The summed E-state index contributed by atoms with van der Waals surface area (Å²) < 4.78 is 5.45. The molecule has 2 rings (SSSR count). The van der Waals surface area contributed by atoms with Gasteiger partial charge >= 0.3 is 0 Å². The summed E-state index contributed by atoms with van der Waals surface area (Å²) >= 11 is 0. The molecule has 19 heavy (non-hydrogen) atoms. The summed E-state index contributed by atoms with van der Waals surface area (Å²) in [5, 5.41) is 6.45. The van der Waals surface area contributed by atoms with Crippen LogP contribution in [-0.2, 0) is 4.79 Å². The minimum absolute atomic E-state index is 0.0590. The van der Waals surface area contributed by atoms with Crippen LogP contribution < -0.4 is 15.4 Å². The number of rotatable bonds is 4. The number of carbonyl (C=O) groups excluding carboxylic acids is 1. The molecule has 0 aromatic heterocycles. The van der Waals surface area contributed by atoms with E-state index in [0.717, 1.165) is 18.7 Å². The Kier molecular flexibility index (Phi) is 4.80. The zero-order valence-electron chi connectivity index (χ0n) is 11.6. The largest absolute Gasteiger partial charge is 0.484 e. The number of carbonyl (C=O) groups is 1. The van der Waals surface area contributed by atoms with Crippen molar-refractivity contribution in [3.63, 3.8) is 0 Å². The van der Waals surface area contributed by atoms with Crippen LogP contribution in [0.25, 0.3) is 0 Å². The maximum absolute atomic E-state index is 11.9. The molecule has 4 heteroatoms. The second kappa shape index (κ2) is 6.57. The predicted molar refractivity (Wildman–Crippen MR) is 75.1 cm³/mol. The van der Waals surface area contributed by atoms with Gasteiger partial charge in [-0.05, 0) is 37.9 Å². The molecule has 0 bridgehead atoms. The number of piperidine rings is 1. The Morgan fingerprint density at radius 1 is 1.37 bits per heavy atom. The Bertz CT molecular complexity index is 398. The molecule has 104 valence electrons. The molecule has 1 aromatic rings. The Hall–Kier alpha value is -1.55. The Balaban J connectivity index is 1.80. The predicted octanol–water partition coefficient (Wildman–Crippen LogP) is 1.57. The van der Waals surface area contributed by atoms with Crippen LogP contribution in [0.15, 0.2) is 30.3 Å². The average molecular weight is 262 g/mol. The summed E-state index contributed by atoms with van der Waals surface area (Å²) in [6, 6.07) is 9.89. The summed E-state index contributed by atoms with van der Waals surface area (Å²) in [6.45, 7) is 5.38. The van der Waals surface area contributed by atoms with Crippen molar-refractivity contribution in [3.05, 3.63) is 30.3 Å². The first kappa shape index (κ1) is 13.9. The number of amides is 1. The van der Waals surface area contributed by atoms with E-state index in [1.807, 2.05) is 30.3 Å². The smallest absolute Gasteiger partial charge is 0.258 e. The lowest BCUT2D eigenvalue weighted by atomic mass is 9.89. The highest BCUT2D eigenvalue weighted by Gasteiger charge is 2.28. The lowest BCUT2D eigenvalue weighted by molar-refractivity contribution is -0.124. The van der Waals surface area contributed by atoms with E-state index in [0.29, 0.717) is 12.0 Å². The summed E-state index contributed by atoms with van der Waals surface area (Å²) in [4.78, 5) is 11.9. The average Bonchev–Trinajstić information content (AvgIpc) is 2.42. The fourth-order valence-electron chi connectivity index (χ4n) is 2.50. The van der Waals surface area contributed by atoms with Crippen LogP contribution in [0.1, 0.15) is 20.3 Å². The van der Waals surface area contributed by atoms with Gasteiger partial charge in [0.15, 0.2) is 6.61 Å². The molecule has 4 nitrogen and oxygen atoms in total. The number of benzene rings is 1. The van der Waals surface area contributed by atoms with Crippen LogP contribution in [0, 0.1) is 5.92 Å². The van der Waals surface area contributed by atoms with Crippen molar-refractivity contribution >= 4 is 5.91 Å². The molecule has 0 saturated carbocycles. The molecule has 2 N–H and O–H groups in total. The van der Waals surface area contributed by atoms with Gasteiger partial charge in [0, 0.05) is 12.1 Å². The third-order valence-electron chi connectivity index (χ3n) is 3.66. The van der Waals surface area contributed by atoms with Crippen molar-refractivity contribution in [3.8, 4) is 5.75 Å². The molecule has 1 fully saturated rings. The van der Waals surface area contributed by atoms with Crippen LogP contribution in [-0.4, -0.2) is 31.1 Å². The molecule has 1 heterocycles. The minimum atomic E-state index is -0.0590. The highest BCUT2D eigenvalue weighted by molar-refractivity contribution is 5.78. The molecule has 3 atom stereocenters. The molecule has 0 aliphatic carbocycles. The van der Waals surface area contributed by atoms with Crippen LogP contribution in [0.4, 0.5) is 0 Å². The van der Waals surface area contributed by atoms with Gasteiger partial charge in [0.25, 0.3) is 5.91 Å². The van der Waals surface area contributed by atoms with Gasteiger partial charge < -0.3 is 15.4 Å². The molecule has 1 aromatic carbocycles. The van der Waals surface area contributed by atoms with E-state index in [-0.39, 0.29) is 18.6 Å². The summed E-state index contributed by atoms with van der Waals surface area (Å²) in [5.74, 6) is 1.16. The Morgan fingerprint density at radius 2 is 2.11 bits per heavy atom. The van der Waals surface area contributed by atoms with Crippen molar-refractivity contribution in [2.45, 2.75) is 32.4 Å². The number of para-hydroxylation sites is 1. The van der Waals surface area contributed by atoms with Crippen LogP contribution in [0.2, 0.25) is 0 Å². The summed E-state index contributed by atoms with van der Waals surface area (Å²) in [6.07, 6.45) is 1.09. The van der Waals surface area contributed by atoms with Gasteiger partial charge in [0.2, 0.25) is 0 Å². The molecule has 0 spiro atoms. The maximum atomic E-state index is 11.9. The van der Waals surface area contributed by atoms with Crippen LogP contribution >= 0.6 is 0 Å². The van der Waals surface area contributed by atoms with E-state index >= 15 is 0 Å². The second-order valence-corrected chi connectivity index (χ2v) is 5.20. The lowest BCUT2D eigenvalue weighted by Gasteiger charge is -2.35. The van der Waals surface area contributed by atoms with Gasteiger partial charge in [-0.15, -0.1) is 0 Å². The topological polar surface area (TPSA) is 50.4 Å². The van der Waals surface area contributed by atoms with Crippen molar-refractivity contribution in [1.82, 2.24) is 10.6 Å². The van der Waals surface area contributed by atoms with Gasteiger partial charge in [-0.2, -0.15) is 0 Å². The molecular formula is C15H22N2O2. The van der Waals surface area contributed by atoms with E-state index in [2.05, 4.69) is 24.5 Å². The highest BCUT2D eigenvalue weighted by Crippen LogP contribution is 2.16. The van der Waals surface area contributed by atoms with Gasteiger partial charge in [0.05, 0.1) is 0 Å². The first-order valence-electron chi connectivity index (χ1n) is 6.87. The Labute approximate surface area is 114 Å². The van der Waals surface area contributed by atoms with E-state index in [9.17, 15) is 4.79 Å². The van der Waals surface area contributed by atoms with E-state index in [4.69, 9.17) is 4.74 Å². The first-order chi connectivity index (χ1) is 9.16. The van der Waals surface area contributed by atoms with Gasteiger partial charge in [-0.3, -0.25) is 4.79 Å². The fourth-order valence-corrected chi connectivity index (χ4v) is 2.50. The quantitative estimate of drug-likeness (QED) is 0.866. The minimum Gasteiger partial charge on any atom is -0.484 e. The fraction of sp³-hybridized carbons (Fsp3) is 0.533. The maximum Gasteiger partial charge on any atom is 0.258 e. The third kappa shape index (κ3) is 3.96. The molecule has 1 aliphatic heterocycles. The van der Waals surface area contributed by atoms with Gasteiger partial charge in [0.1, 0.15) is 5.75 Å². The number of ether oxygens (including phenoxy) is 1. The lowest BCUT2D eigenvalue weighted by Crippen LogP contribution is -2.56. The molecular weight excluding hydrogens is 240 g/mol. The second-order valence-electron chi connectivity index (χ2n) is 5.20.